The number of carbonyl (C=O) groups excluding carboxylic acids is 1. The molecule has 1 aromatic rings. The molecule has 1 atom stereocenters. The highest BCUT2D eigenvalue weighted by atomic mass is 35.5. The second-order valence-corrected chi connectivity index (χ2v) is 6.81. The lowest BCUT2D eigenvalue weighted by atomic mass is 9.66. The Bertz CT molecular complexity index is 531. The fourth-order valence-electron chi connectivity index (χ4n) is 2.29. The van der Waals surface area contributed by atoms with Crippen LogP contribution in [0.5, 0.6) is 0 Å². The lowest BCUT2D eigenvalue weighted by Crippen LogP contribution is -2.41. The van der Waals surface area contributed by atoms with Gasteiger partial charge in [-0.05, 0) is 39.3 Å². The minimum absolute atomic E-state index is 0.149. The van der Waals surface area contributed by atoms with Crippen molar-refractivity contribution in [3.63, 3.8) is 0 Å². The number of nitrogens with zero attached hydrogens (tertiary/aromatic N) is 1. The molecule has 1 aliphatic rings. The second kappa shape index (κ2) is 6.18. The Morgan fingerprint density at radius 2 is 1.91 bits per heavy atom. The zero-order valence-corrected chi connectivity index (χ0v) is 14.3. The summed E-state index contributed by atoms with van der Waals surface area (Å²) < 4.78 is 16.9. The Morgan fingerprint density at radius 1 is 1.32 bits per heavy atom. The molecule has 7 heteroatoms. The van der Waals surface area contributed by atoms with Crippen molar-refractivity contribution in [1.82, 2.24) is 4.98 Å². The van der Waals surface area contributed by atoms with Crippen LogP contribution in [0, 0.1) is 0 Å². The van der Waals surface area contributed by atoms with Gasteiger partial charge in [-0.1, -0.05) is 17.7 Å². The normalized spacial score (nSPS) is 20.7. The molecule has 0 N–H and O–H groups in total. The third-order valence-electron chi connectivity index (χ3n) is 4.39. The van der Waals surface area contributed by atoms with Crippen LogP contribution in [-0.4, -0.2) is 36.4 Å². The average molecular weight is 326 g/mol. The van der Waals surface area contributed by atoms with Crippen molar-refractivity contribution >= 4 is 24.7 Å². The zero-order valence-electron chi connectivity index (χ0n) is 13.6. The van der Waals surface area contributed by atoms with E-state index in [4.69, 9.17) is 25.6 Å². The van der Waals surface area contributed by atoms with Crippen molar-refractivity contribution in [2.24, 2.45) is 0 Å². The van der Waals surface area contributed by atoms with Gasteiger partial charge in [0.25, 0.3) is 0 Å². The Balaban J connectivity index is 2.29. The fraction of sp³-hybridized carbons (Fsp3) is 0.600. The highest BCUT2D eigenvalue weighted by Crippen LogP contribution is 2.41. The van der Waals surface area contributed by atoms with E-state index in [2.05, 4.69) is 4.98 Å². The molecule has 22 heavy (non-hydrogen) atoms. The van der Waals surface area contributed by atoms with Crippen LogP contribution < -0.4 is 0 Å². The fourth-order valence-corrected chi connectivity index (χ4v) is 2.41. The molecule has 120 valence electrons. The van der Waals surface area contributed by atoms with Crippen LogP contribution in [0.2, 0.25) is 5.15 Å². The van der Waals surface area contributed by atoms with Gasteiger partial charge in [0.05, 0.1) is 24.7 Å². The van der Waals surface area contributed by atoms with Gasteiger partial charge in [-0.15, -0.1) is 0 Å². The van der Waals surface area contributed by atoms with E-state index < -0.39 is 18.3 Å². The van der Waals surface area contributed by atoms with E-state index in [0.717, 1.165) is 5.56 Å². The molecule has 2 heterocycles. The molecule has 0 radical (unpaired) electrons. The topological polar surface area (TPSA) is 57.7 Å². The van der Waals surface area contributed by atoms with E-state index in [-0.39, 0.29) is 18.2 Å². The molecule has 1 aromatic heterocycles. The predicted molar refractivity (Wildman–Crippen MR) is 84.7 cm³/mol. The standard InChI is InChI=1S/C15H21BClNO4/c1-14(2)15(3,4)22-16(21-14)11(8-13(19)20-5)10-6-7-12(17)18-9-10/h6-7,9,11H,8H2,1-5H3. The number of carbonyl (C=O) groups is 1. The van der Waals surface area contributed by atoms with Gasteiger partial charge in [0.15, 0.2) is 0 Å². The van der Waals surface area contributed by atoms with E-state index in [0.29, 0.717) is 5.15 Å². The second-order valence-electron chi connectivity index (χ2n) is 6.43. The van der Waals surface area contributed by atoms with Gasteiger partial charge in [-0.2, -0.15) is 0 Å². The number of hydrogen-bond acceptors (Lipinski definition) is 5. The molecule has 1 saturated heterocycles. The molecule has 1 aliphatic heterocycles. The van der Waals surface area contributed by atoms with E-state index in [1.807, 2.05) is 33.8 Å². The van der Waals surface area contributed by atoms with Crippen LogP contribution in [-0.2, 0) is 18.8 Å². The number of esters is 1. The van der Waals surface area contributed by atoms with Gasteiger partial charge in [-0.3, -0.25) is 4.79 Å². The summed E-state index contributed by atoms with van der Waals surface area (Å²) in [7, 11) is 0.816. The van der Waals surface area contributed by atoms with Gasteiger partial charge in [0.2, 0.25) is 0 Å². The average Bonchev–Trinajstić information content (AvgIpc) is 2.65. The lowest BCUT2D eigenvalue weighted by molar-refractivity contribution is -0.140. The third kappa shape index (κ3) is 3.45. The Hall–Kier alpha value is -1.11. The first-order valence-electron chi connectivity index (χ1n) is 7.20. The van der Waals surface area contributed by atoms with Gasteiger partial charge in [0.1, 0.15) is 5.15 Å². The Morgan fingerprint density at radius 3 is 2.36 bits per heavy atom. The SMILES string of the molecule is COC(=O)CC(B1OC(C)(C)C(C)(C)O1)c1ccc(Cl)nc1. The first-order valence-corrected chi connectivity index (χ1v) is 7.58. The van der Waals surface area contributed by atoms with Crippen molar-refractivity contribution in [3.05, 3.63) is 29.0 Å². The van der Waals surface area contributed by atoms with Crippen molar-refractivity contribution in [2.45, 2.75) is 51.1 Å². The molecule has 0 bridgehead atoms. The summed E-state index contributed by atoms with van der Waals surface area (Å²) in [5.41, 5.74) is -0.106. The molecule has 1 fully saturated rings. The summed E-state index contributed by atoms with van der Waals surface area (Å²) in [5, 5.41) is 0.398. The van der Waals surface area contributed by atoms with E-state index >= 15 is 0 Å². The van der Waals surface area contributed by atoms with Crippen LogP contribution in [0.4, 0.5) is 0 Å². The van der Waals surface area contributed by atoms with Crippen LogP contribution >= 0.6 is 11.6 Å². The lowest BCUT2D eigenvalue weighted by Gasteiger charge is -2.32. The van der Waals surface area contributed by atoms with Crippen LogP contribution in [0.1, 0.15) is 45.5 Å². The van der Waals surface area contributed by atoms with Gasteiger partial charge in [0, 0.05) is 12.0 Å². The monoisotopic (exact) mass is 325 g/mol. The number of ether oxygens (including phenoxy) is 1. The minimum Gasteiger partial charge on any atom is -0.469 e. The molecular weight excluding hydrogens is 304 g/mol. The molecule has 2 rings (SSSR count). The molecule has 0 saturated carbocycles. The molecule has 0 amide bonds. The van der Waals surface area contributed by atoms with Crippen molar-refractivity contribution in [2.75, 3.05) is 7.11 Å². The highest BCUT2D eigenvalue weighted by Gasteiger charge is 2.54. The van der Waals surface area contributed by atoms with E-state index in [1.54, 1.807) is 12.3 Å². The van der Waals surface area contributed by atoms with Crippen LogP contribution in [0.15, 0.2) is 18.3 Å². The van der Waals surface area contributed by atoms with E-state index in [1.165, 1.54) is 7.11 Å². The Labute approximate surface area is 136 Å². The minimum atomic E-state index is -0.549. The number of hydrogen-bond donors (Lipinski definition) is 0. The smallest absolute Gasteiger partial charge is 0.466 e. The van der Waals surface area contributed by atoms with Crippen LogP contribution in [0.25, 0.3) is 0 Å². The van der Waals surface area contributed by atoms with Gasteiger partial charge >= 0.3 is 13.1 Å². The maximum Gasteiger partial charge on any atom is 0.466 e. The quantitative estimate of drug-likeness (QED) is 0.484. The van der Waals surface area contributed by atoms with Gasteiger partial charge in [-0.25, -0.2) is 4.98 Å². The van der Waals surface area contributed by atoms with E-state index in [9.17, 15) is 4.79 Å². The third-order valence-corrected chi connectivity index (χ3v) is 4.62. The van der Waals surface area contributed by atoms with Crippen molar-refractivity contribution in [3.8, 4) is 0 Å². The first kappa shape index (κ1) is 17.3. The van der Waals surface area contributed by atoms with Crippen molar-refractivity contribution in [1.29, 1.82) is 0 Å². The van der Waals surface area contributed by atoms with Crippen LogP contribution in [0.3, 0.4) is 0 Å². The number of pyridine rings is 1. The van der Waals surface area contributed by atoms with Crippen molar-refractivity contribution < 1.29 is 18.8 Å². The molecule has 0 spiro atoms. The molecule has 0 aromatic carbocycles. The number of halogens is 1. The number of methoxy groups -OCH3 is 1. The molecule has 5 nitrogen and oxygen atoms in total. The summed E-state index contributed by atoms with van der Waals surface area (Å²) in [6, 6.07) is 3.51. The summed E-state index contributed by atoms with van der Waals surface area (Å²) in [6.07, 6.45) is 1.79. The maximum absolute atomic E-state index is 11.8. The maximum atomic E-state index is 11.8. The largest absolute Gasteiger partial charge is 0.469 e. The summed E-state index contributed by atoms with van der Waals surface area (Å²) in [5.74, 6) is -0.632. The number of aromatic nitrogens is 1. The predicted octanol–water partition coefficient (Wildman–Crippen LogP) is 3.01. The van der Waals surface area contributed by atoms with Gasteiger partial charge < -0.3 is 14.0 Å². The molecular formula is C15H21BClNO4. The zero-order chi connectivity index (χ0) is 16.5. The Kier molecular flexibility index (Phi) is 4.85. The summed E-state index contributed by atoms with van der Waals surface area (Å²) >= 11 is 5.83. The molecule has 1 unspecified atom stereocenters. The number of rotatable bonds is 4. The first-order chi connectivity index (χ1) is 10.2. The molecule has 0 aliphatic carbocycles. The summed E-state index contributed by atoms with van der Waals surface area (Å²) in [4.78, 5) is 15.8. The highest BCUT2D eigenvalue weighted by molar-refractivity contribution is 6.48. The summed E-state index contributed by atoms with van der Waals surface area (Å²) in [6.45, 7) is 7.90.